The maximum absolute atomic E-state index is 14.3. The minimum Gasteiger partial charge on any atom is -0.374 e. The highest BCUT2D eigenvalue weighted by Crippen LogP contribution is 2.49. The number of hydrogen-bond acceptors (Lipinski definition) is 4. The molecule has 0 saturated heterocycles. The molecule has 12 heteroatoms. The molecule has 2 aromatic rings. The van der Waals surface area contributed by atoms with Crippen molar-refractivity contribution in [1.82, 2.24) is 10.7 Å². The van der Waals surface area contributed by atoms with Crippen molar-refractivity contribution in [2.75, 3.05) is 5.43 Å². The number of nitrogens with one attached hydrogen (secondary N) is 3. The second-order valence-electron chi connectivity index (χ2n) is 8.54. The molecule has 1 fully saturated rings. The van der Waals surface area contributed by atoms with Gasteiger partial charge < -0.3 is 10.2 Å². The van der Waals surface area contributed by atoms with Gasteiger partial charge in [0.1, 0.15) is 0 Å². The SMILES string of the molecule is FC(F)(F)C1(c2cc(Cl)cc(Cl)c2)CC(c2ccc(Cl)c(NNC(=S)NC3CCCCC3)c2)=NO1. The monoisotopic (exact) mass is 564 g/mol. The lowest BCUT2D eigenvalue weighted by molar-refractivity contribution is -0.275. The summed E-state index contributed by atoms with van der Waals surface area (Å²) in [6.45, 7) is 0. The molecular formula is C23H22Cl3F3N4OS. The summed E-state index contributed by atoms with van der Waals surface area (Å²) < 4.78 is 42.8. The predicted molar refractivity (Wildman–Crippen MR) is 137 cm³/mol. The maximum atomic E-state index is 14.3. The Morgan fingerprint density at radius 1 is 1.03 bits per heavy atom. The van der Waals surface area contributed by atoms with Gasteiger partial charge in [-0.1, -0.05) is 65.3 Å². The molecule has 1 aliphatic carbocycles. The first kappa shape index (κ1) is 26.1. The van der Waals surface area contributed by atoms with E-state index in [1.807, 2.05) is 0 Å². The van der Waals surface area contributed by atoms with Gasteiger partial charge in [-0.15, -0.1) is 0 Å². The number of thiocarbonyl (C=S) groups is 1. The number of hydrogen-bond donors (Lipinski definition) is 3. The Kier molecular flexibility index (Phi) is 7.90. The molecule has 35 heavy (non-hydrogen) atoms. The fourth-order valence-electron chi connectivity index (χ4n) is 4.24. The Morgan fingerprint density at radius 2 is 1.71 bits per heavy atom. The van der Waals surface area contributed by atoms with Crippen molar-refractivity contribution in [2.45, 2.75) is 56.3 Å². The van der Waals surface area contributed by atoms with Crippen molar-refractivity contribution in [3.8, 4) is 0 Å². The molecule has 1 unspecified atom stereocenters. The summed E-state index contributed by atoms with van der Waals surface area (Å²) in [6, 6.07) is 8.74. The molecule has 0 radical (unpaired) electrons. The lowest BCUT2D eigenvalue weighted by Gasteiger charge is -2.29. The normalized spacial score (nSPS) is 20.7. The van der Waals surface area contributed by atoms with E-state index in [1.54, 1.807) is 18.2 Å². The third kappa shape index (κ3) is 5.90. The van der Waals surface area contributed by atoms with E-state index in [9.17, 15) is 13.2 Å². The molecule has 1 saturated carbocycles. The molecule has 0 aromatic heterocycles. The van der Waals surface area contributed by atoms with Gasteiger partial charge in [0.2, 0.25) is 0 Å². The quantitative estimate of drug-likeness (QED) is 0.261. The first-order valence-electron chi connectivity index (χ1n) is 11.0. The van der Waals surface area contributed by atoms with Gasteiger partial charge in [-0.05, 0) is 55.4 Å². The van der Waals surface area contributed by atoms with Crippen LogP contribution in [0.2, 0.25) is 15.1 Å². The van der Waals surface area contributed by atoms with E-state index in [0.29, 0.717) is 27.4 Å². The number of hydrazine groups is 1. The van der Waals surface area contributed by atoms with Crippen LogP contribution in [0.1, 0.15) is 49.7 Å². The molecule has 4 rings (SSSR count). The molecule has 1 atom stereocenters. The molecule has 2 aromatic carbocycles. The number of halogens is 6. The molecule has 2 aliphatic rings. The third-order valence-corrected chi connectivity index (χ3v) is 7.05. The molecule has 0 spiro atoms. The number of alkyl halides is 3. The summed E-state index contributed by atoms with van der Waals surface area (Å²) >= 11 is 23.6. The van der Waals surface area contributed by atoms with Crippen LogP contribution in [0.5, 0.6) is 0 Å². The highest BCUT2D eigenvalue weighted by atomic mass is 35.5. The summed E-state index contributed by atoms with van der Waals surface area (Å²) in [6.07, 6.45) is 0.306. The average Bonchev–Trinajstić information content (AvgIpc) is 3.26. The second-order valence-corrected chi connectivity index (χ2v) is 10.2. The molecule has 3 N–H and O–H groups in total. The van der Waals surface area contributed by atoms with Gasteiger partial charge in [-0.3, -0.25) is 10.9 Å². The van der Waals surface area contributed by atoms with Crippen LogP contribution in [0.3, 0.4) is 0 Å². The van der Waals surface area contributed by atoms with Gasteiger partial charge in [-0.25, -0.2) is 0 Å². The van der Waals surface area contributed by atoms with Gasteiger partial charge >= 0.3 is 6.18 Å². The largest absolute Gasteiger partial charge is 0.435 e. The average molecular weight is 566 g/mol. The van der Waals surface area contributed by atoms with Gasteiger partial charge in [-0.2, -0.15) is 13.2 Å². The molecule has 1 heterocycles. The fourth-order valence-corrected chi connectivity index (χ4v) is 5.15. The number of oxime groups is 1. The van der Waals surface area contributed by atoms with E-state index in [0.717, 1.165) is 25.7 Å². The molecule has 5 nitrogen and oxygen atoms in total. The molecule has 0 bridgehead atoms. The minimum atomic E-state index is -4.78. The molecular weight excluding hydrogens is 544 g/mol. The zero-order valence-electron chi connectivity index (χ0n) is 18.3. The van der Waals surface area contributed by atoms with Crippen LogP contribution in [0, 0.1) is 0 Å². The maximum Gasteiger partial charge on any atom is 0.435 e. The van der Waals surface area contributed by atoms with Crippen LogP contribution in [0.15, 0.2) is 41.6 Å². The minimum absolute atomic E-state index is 0.0648. The topological polar surface area (TPSA) is 57.7 Å². The Balaban J connectivity index is 1.50. The number of nitrogens with zero attached hydrogens (tertiary/aromatic N) is 1. The van der Waals surface area contributed by atoms with Crippen LogP contribution in [-0.4, -0.2) is 23.0 Å². The smallest absolute Gasteiger partial charge is 0.374 e. The Labute approximate surface area is 221 Å². The summed E-state index contributed by atoms with van der Waals surface area (Å²) in [5.41, 5.74) is 3.80. The summed E-state index contributed by atoms with van der Waals surface area (Å²) in [7, 11) is 0. The third-order valence-electron chi connectivity index (χ3n) is 6.07. The first-order valence-corrected chi connectivity index (χ1v) is 12.5. The summed E-state index contributed by atoms with van der Waals surface area (Å²) in [5.74, 6) is 0. The standard InChI is InChI=1S/C23H22Cl3F3N4OS/c24-15-9-14(10-16(25)11-15)22(23(27,28)29)12-20(33-34-22)13-6-7-18(26)19(8-13)31-32-21(35)30-17-4-2-1-3-5-17/h6-11,17,31H,1-5,12H2,(H2,30,32,35). The zero-order valence-corrected chi connectivity index (χ0v) is 21.4. The van der Waals surface area contributed by atoms with Gasteiger partial charge in [0.05, 0.1) is 16.4 Å². The lowest BCUT2D eigenvalue weighted by Crippen LogP contribution is -2.44. The fraction of sp³-hybridized carbons (Fsp3) is 0.391. The Bertz CT molecular complexity index is 1120. The number of anilines is 1. The highest BCUT2D eigenvalue weighted by molar-refractivity contribution is 7.80. The van der Waals surface area contributed by atoms with Crippen molar-refractivity contribution >= 4 is 63.5 Å². The van der Waals surface area contributed by atoms with E-state index in [-0.39, 0.29) is 21.3 Å². The second kappa shape index (κ2) is 10.6. The van der Waals surface area contributed by atoms with E-state index < -0.39 is 18.2 Å². The summed E-state index contributed by atoms with van der Waals surface area (Å²) in [5, 5.41) is 7.94. The zero-order chi connectivity index (χ0) is 25.2. The first-order chi connectivity index (χ1) is 16.6. The lowest BCUT2D eigenvalue weighted by atomic mass is 9.86. The number of rotatable bonds is 5. The van der Waals surface area contributed by atoms with Gasteiger partial charge in [0.25, 0.3) is 5.60 Å². The van der Waals surface area contributed by atoms with Crippen molar-refractivity contribution in [3.05, 3.63) is 62.6 Å². The van der Waals surface area contributed by atoms with Crippen LogP contribution in [0.25, 0.3) is 0 Å². The van der Waals surface area contributed by atoms with E-state index in [4.69, 9.17) is 51.9 Å². The Hall–Kier alpha value is -1.94. The van der Waals surface area contributed by atoms with Crippen molar-refractivity contribution in [1.29, 1.82) is 0 Å². The van der Waals surface area contributed by atoms with Crippen molar-refractivity contribution in [2.24, 2.45) is 5.16 Å². The van der Waals surface area contributed by atoms with Crippen molar-refractivity contribution in [3.63, 3.8) is 0 Å². The van der Waals surface area contributed by atoms with Crippen molar-refractivity contribution < 1.29 is 18.0 Å². The molecule has 1 aliphatic heterocycles. The Morgan fingerprint density at radius 3 is 2.37 bits per heavy atom. The van der Waals surface area contributed by atoms with E-state index in [1.165, 1.54) is 24.6 Å². The molecule has 188 valence electrons. The van der Waals surface area contributed by atoms with Gasteiger partial charge in [0.15, 0.2) is 5.11 Å². The predicted octanol–water partition coefficient (Wildman–Crippen LogP) is 7.35. The van der Waals surface area contributed by atoms with Crippen LogP contribution < -0.4 is 16.2 Å². The molecule has 0 amide bonds. The van der Waals surface area contributed by atoms with E-state index >= 15 is 0 Å². The van der Waals surface area contributed by atoms with Crippen LogP contribution in [0.4, 0.5) is 18.9 Å². The number of benzene rings is 2. The van der Waals surface area contributed by atoms with E-state index in [2.05, 4.69) is 21.3 Å². The highest BCUT2D eigenvalue weighted by Gasteiger charge is 2.62. The van der Waals surface area contributed by atoms with Crippen LogP contribution in [-0.2, 0) is 10.4 Å². The van der Waals surface area contributed by atoms with Crippen LogP contribution >= 0.6 is 47.0 Å². The summed E-state index contributed by atoms with van der Waals surface area (Å²) in [4.78, 5) is 5.07. The van der Waals surface area contributed by atoms with Gasteiger partial charge in [0, 0.05) is 33.6 Å².